The molecule has 0 atom stereocenters. The van der Waals surface area contributed by atoms with Crippen molar-refractivity contribution in [2.75, 3.05) is 13.7 Å². The van der Waals surface area contributed by atoms with E-state index < -0.39 is 0 Å². The standard InChI is InChI=1S/C20H21NO2/c1-22-19-10-3-4-11-20(19)23-16-18-9-7-8-17(14-18)15-21-12-5-2-6-13-21/h2-12,14H,13,15-16H2,1H3. The molecule has 0 radical (unpaired) electrons. The smallest absolute Gasteiger partial charge is 0.161 e. The van der Waals surface area contributed by atoms with E-state index in [2.05, 4.69) is 53.6 Å². The number of nitrogens with zero attached hydrogens (tertiary/aromatic N) is 1. The third-order valence-corrected chi connectivity index (χ3v) is 3.72. The van der Waals surface area contributed by atoms with Gasteiger partial charge in [-0.3, -0.25) is 0 Å². The fraction of sp³-hybridized carbons (Fsp3) is 0.200. The monoisotopic (exact) mass is 307 g/mol. The minimum absolute atomic E-state index is 0.532. The van der Waals surface area contributed by atoms with Crippen molar-refractivity contribution < 1.29 is 9.47 Å². The topological polar surface area (TPSA) is 21.7 Å². The van der Waals surface area contributed by atoms with Gasteiger partial charge in [0.1, 0.15) is 6.61 Å². The number of benzene rings is 2. The summed E-state index contributed by atoms with van der Waals surface area (Å²) < 4.78 is 11.2. The zero-order valence-electron chi connectivity index (χ0n) is 13.3. The molecule has 118 valence electrons. The highest BCUT2D eigenvalue weighted by atomic mass is 16.5. The van der Waals surface area contributed by atoms with Gasteiger partial charge in [0.25, 0.3) is 0 Å². The first-order valence-corrected chi connectivity index (χ1v) is 7.76. The molecule has 1 aliphatic rings. The summed E-state index contributed by atoms with van der Waals surface area (Å²) in [5.41, 5.74) is 2.44. The molecule has 0 aromatic heterocycles. The highest BCUT2D eigenvalue weighted by Crippen LogP contribution is 2.26. The molecule has 0 unspecified atom stereocenters. The van der Waals surface area contributed by atoms with Crippen molar-refractivity contribution in [3.05, 3.63) is 84.1 Å². The Balaban J connectivity index is 1.63. The largest absolute Gasteiger partial charge is 0.493 e. The second-order valence-electron chi connectivity index (χ2n) is 5.46. The zero-order valence-corrected chi connectivity index (χ0v) is 13.3. The number of para-hydroxylation sites is 2. The SMILES string of the molecule is COc1ccccc1OCc1cccc(CN2C=CC=CC2)c1. The van der Waals surface area contributed by atoms with E-state index in [4.69, 9.17) is 9.47 Å². The Bertz CT molecular complexity index is 706. The molecule has 0 amide bonds. The summed E-state index contributed by atoms with van der Waals surface area (Å²) >= 11 is 0. The number of rotatable bonds is 6. The van der Waals surface area contributed by atoms with Gasteiger partial charge < -0.3 is 14.4 Å². The van der Waals surface area contributed by atoms with Gasteiger partial charge in [0, 0.05) is 13.1 Å². The van der Waals surface area contributed by atoms with Crippen LogP contribution in [0.15, 0.2) is 73.0 Å². The lowest BCUT2D eigenvalue weighted by Crippen LogP contribution is -2.18. The lowest BCUT2D eigenvalue weighted by Gasteiger charge is -2.20. The van der Waals surface area contributed by atoms with E-state index in [1.165, 1.54) is 5.56 Å². The van der Waals surface area contributed by atoms with Gasteiger partial charge in [-0.25, -0.2) is 0 Å². The molecule has 0 N–H and O–H groups in total. The van der Waals surface area contributed by atoms with Gasteiger partial charge in [-0.15, -0.1) is 0 Å². The summed E-state index contributed by atoms with van der Waals surface area (Å²) in [5.74, 6) is 1.53. The maximum absolute atomic E-state index is 5.90. The molecule has 3 nitrogen and oxygen atoms in total. The van der Waals surface area contributed by atoms with Crippen LogP contribution in [0.25, 0.3) is 0 Å². The average molecular weight is 307 g/mol. The highest BCUT2D eigenvalue weighted by molar-refractivity contribution is 5.39. The van der Waals surface area contributed by atoms with Crippen molar-refractivity contribution in [3.63, 3.8) is 0 Å². The van der Waals surface area contributed by atoms with Gasteiger partial charge in [0.05, 0.1) is 7.11 Å². The second kappa shape index (κ2) is 7.54. The van der Waals surface area contributed by atoms with E-state index in [0.29, 0.717) is 6.61 Å². The van der Waals surface area contributed by atoms with Crippen molar-refractivity contribution in [2.24, 2.45) is 0 Å². The van der Waals surface area contributed by atoms with Crippen LogP contribution in [0.3, 0.4) is 0 Å². The Morgan fingerprint density at radius 3 is 2.57 bits per heavy atom. The van der Waals surface area contributed by atoms with Crippen molar-refractivity contribution in [3.8, 4) is 11.5 Å². The maximum Gasteiger partial charge on any atom is 0.161 e. The van der Waals surface area contributed by atoms with Crippen LogP contribution < -0.4 is 9.47 Å². The van der Waals surface area contributed by atoms with Crippen molar-refractivity contribution >= 4 is 0 Å². The van der Waals surface area contributed by atoms with Crippen LogP contribution in [0.5, 0.6) is 11.5 Å². The molecule has 3 heteroatoms. The van der Waals surface area contributed by atoms with Crippen LogP contribution in [0.1, 0.15) is 11.1 Å². The third kappa shape index (κ3) is 4.16. The summed E-state index contributed by atoms with van der Waals surface area (Å²) in [6, 6.07) is 16.2. The molecule has 23 heavy (non-hydrogen) atoms. The predicted octanol–water partition coefficient (Wildman–Crippen LogP) is 4.16. The van der Waals surface area contributed by atoms with Crippen molar-refractivity contribution in [1.29, 1.82) is 0 Å². The summed E-state index contributed by atoms with van der Waals surface area (Å²) in [6.45, 7) is 2.39. The summed E-state index contributed by atoms with van der Waals surface area (Å²) in [5, 5.41) is 0. The van der Waals surface area contributed by atoms with E-state index in [1.54, 1.807) is 7.11 Å². The van der Waals surface area contributed by atoms with E-state index in [-0.39, 0.29) is 0 Å². The average Bonchev–Trinajstić information content (AvgIpc) is 2.61. The quantitative estimate of drug-likeness (QED) is 0.800. The van der Waals surface area contributed by atoms with Gasteiger partial charge in [0.2, 0.25) is 0 Å². The van der Waals surface area contributed by atoms with Crippen LogP contribution in [0.2, 0.25) is 0 Å². The molecule has 1 aliphatic heterocycles. The molecule has 0 aliphatic carbocycles. The number of ether oxygens (including phenoxy) is 2. The van der Waals surface area contributed by atoms with E-state index >= 15 is 0 Å². The summed E-state index contributed by atoms with van der Waals surface area (Å²) in [4.78, 5) is 2.28. The lowest BCUT2D eigenvalue weighted by molar-refractivity contribution is 0.284. The fourth-order valence-electron chi connectivity index (χ4n) is 2.58. The predicted molar refractivity (Wildman–Crippen MR) is 92.5 cm³/mol. The highest BCUT2D eigenvalue weighted by Gasteiger charge is 2.05. The van der Waals surface area contributed by atoms with Gasteiger partial charge in [-0.05, 0) is 35.5 Å². The Morgan fingerprint density at radius 1 is 0.957 bits per heavy atom. The lowest BCUT2D eigenvalue weighted by atomic mass is 10.1. The second-order valence-corrected chi connectivity index (χ2v) is 5.46. The minimum atomic E-state index is 0.532. The Hall–Kier alpha value is -2.68. The molecule has 0 fully saturated rings. The first kappa shape index (κ1) is 15.2. The summed E-state index contributed by atoms with van der Waals surface area (Å²) in [6.07, 6.45) is 8.43. The molecule has 2 aromatic carbocycles. The molecular formula is C20H21NO2. The molecule has 0 spiro atoms. The van der Waals surface area contributed by atoms with E-state index in [1.807, 2.05) is 24.3 Å². The van der Waals surface area contributed by atoms with Gasteiger partial charge in [-0.1, -0.05) is 48.6 Å². The van der Waals surface area contributed by atoms with Crippen LogP contribution >= 0.6 is 0 Å². The fourth-order valence-corrected chi connectivity index (χ4v) is 2.58. The Labute approximate surface area is 137 Å². The molecule has 3 rings (SSSR count). The molecule has 1 heterocycles. The van der Waals surface area contributed by atoms with Crippen LogP contribution in [-0.4, -0.2) is 18.6 Å². The molecule has 0 saturated carbocycles. The first-order valence-electron chi connectivity index (χ1n) is 7.76. The van der Waals surface area contributed by atoms with Crippen molar-refractivity contribution in [2.45, 2.75) is 13.2 Å². The normalized spacial score (nSPS) is 13.2. The summed E-state index contributed by atoms with van der Waals surface area (Å²) in [7, 11) is 1.66. The zero-order chi connectivity index (χ0) is 15.9. The van der Waals surface area contributed by atoms with E-state index in [0.717, 1.165) is 30.2 Å². The van der Waals surface area contributed by atoms with E-state index in [9.17, 15) is 0 Å². The Kier molecular flexibility index (Phi) is 4.99. The maximum atomic E-state index is 5.90. The minimum Gasteiger partial charge on any atom is -0.493 e. The third-order valence-electron chi connectivity index (χ3n) is 3.72. The molecule has 0 bridgehead atoms. The van der Waals surface area contributed by atoms with Crippen LogP contribution in [0, 0.1) is 0 Å². The Morgan fingerprint density at radius 2 is 1.78 bits per heavy atom. The molecule has 0 saturated heterocycles. The molecule has 2 aromatic rings. The number of hydrogen-bond acceptors (Lipinski definition) is 3. The molecular weight excluding hydrogens is 286 g/mol. The van der Waals surface area contributed by atoms with Gasteiger partial charge in [-0.2, -0.15) is 0 Å². The van der Waals surface area contributed by atoms with Gasteiger partial charge in [0.15, 0.2) is 11.5 Å². The van der Waals surface area contributed by atoms with Crippen LogP contribution in [-0.2, 0) is 13.2 Å². The number of allylic oxidation sites excluding steroid dienone is 2. The van der Waals surface area contributed by atoms with Crippen molar-refractivity contribution in [1.82, 2.24) is 4.90 Å². The first-order chi connectivity index (χ1) is 11.3. The number of methoxy groups -OCH3 is 1. The number of hydrogen-bond donors (Lipinski definition) is 0. The van der Waals surface area contributed by atoms with Gasteiger partial charge >= 0.3 is 0 Å². The van der Waals surface area contributed by atoms with Crippen LogP contribution in [0.4, 0.5) is 0 Å².